The third-order valence-electron chi connectivity index (χ3n) is 4.77. The van der Waals surface area contributed by atoms with Gasteiger partial charge in [0.05, 0.1) is 11.9 Å². The van der Waals surface area contributed by atoms with E-state index in [4.69, 9.17) is 0 Å². The Morgan fingerprint density at radius 2 is 2.25 bits per heavy atom. The number of nitrogens with one attached hydrogen (secondary N) is 1. The van der Waals surface area contributed by atoms with Crippen molar-refractivity contribution < 1.29 is 4.79 Å². The highest BCUT2D eigenvalue weighted by molar-refractivity contribution is 7.16. The van der Waals surface area contributed by atoms with Crippen LogP contribution in [0.15, 0.2) is 12.5 Å². The molecular weight excluding hydrogens is 320 g/mol. The molecule has 2 heterocycles. The van der Waals surface area contributed by atoms with E-state index in [1.807, 2.05) is 7.05 Å². The molecule has 5 nitrogen and oxygen atoms in total. The molecule has 3 rings (SSSR count). The van der Waals surface area contributed by atoms with Gasteiger partial charge >= 0.3 is 0 Å². The van der Waals surface area contributed by atoms with Crippen LogP contribution >= 0.6 is 11.3 Å². The van der Waals surface area contributed by atoms with E-state index in [9.17, 15) is 10.1 Å². The molecule has 0 aromatic carbocycles. The van der Waals surface area contributed by atoms with Crippen molar-refractivity contribution in [1.29, 1.82) is 5.26 Å². The van der Waals surface area contributed by atoms with Crippen LogP contribution in [-0.2, 0) is 19.9 Å². The maximum absolute atomic E-state index is 12.3. The number of nitriles is 1. The molecule has 2 aromatic heterocycles. The Morgan fingerprint density at radius 1 is 1.50 bits per heavy atom. The fraction of sp³-hybridized carbons (Fsp3) is 0.500. The summed E-state index contributed by atoms with van der Waals surface area (Å²) in [5.74, 6) is 0.340. The Balaban J connectivity index is 1.87. The lowest BCUT2D eigenvalue weighted by Crippen LogP contribution is -2.26. The molecule has 1 atom stereocenters. The Kier molecular flexibility index (Phi) is 4.22. The number of nitrogens with zero attached hydrogens (tertiary/aromatic N) is 3. The molecule has 126 valence electrons. The minimum Gasteiger partial charge on any atom is -0.340 e. The van der Waals surface area contributed by atoms with E-state index in [0.29, 0.717) is 22.2 Å². The van der Waals surface area contributed by atoms with E-state index in [2.05, 4.69) is 37.1 Å². The normalized spacial score (nSPS) is 17.2. The Hall–Kier alpha value is -2.13. The minimum absolute atomic E-state index is 0.256. The lowest BCUT2D eigenvalue weighted by molar-refractivity contribution is 0.102. The van der Waals surface area contributed by atoms with Crippen LogP contribution < -0.4 is 5.32 Å². The summed E-state index contributed by atoms with van der Waals surface area (Å²) in [7, 11) is 1.82. The topological polar surface area (TPSA) is 70.7 Å². The van der Waals surface area contributed by atoms with E-state index in [1.54, 1.807) is 28.4 Å². The zero-order valence-corrected chi connectivity index (χ0v) is 15.3. The van der Waals surface area contributed by atoms with Crippen molar-refractivity contribution in [3.05, 3.63) is 34.2 Å². The number of hydrogen-bond acceptors (Lipinski definition) is 4. The molecule has 0 spiro atoms. The fourth-order valence-corrected chi connectivity index (χ4v) is 4.50. The number of carbonyl (C=O) groups is 1. The maximum Gasteiger partial charge on any atom is 0.276 e. The second kappa shape index (κ2) is 6.06. The molecular formula is C18H22N4OS. The molecule has 0 bridgehead atoms. The molecule has 0 fully saturated rings. The molecule has 1 aliphatic carbocycles. The number of aromatic nitrogens is 2. The Bertz CT molecular complexity index is 819. The van der Waals surface area contributed by atoms with Crippen molar-refractivity contribution in [2.75, 3.05) is 5.32 Å². The molecule has 1 amide bonds. The van der Waals surface area contributed by atoms with Crippen molar-refractivity contribution in [3.8, 4) is 6.07 Å². The first-order valence-electron chi connectivity index (χ1n) is 8.13. The molecule has 0 saturated heterocycles. The predicted molar refractivity (Wildman–Crippen MR) is 95.2 cm³/mol. The maximum atomic E-state index is 12.3. The summed E-state index contributed by atoms with van der Waals surface area (Å²) in [4.78, 5) is 17.7. The first kappa shape index (κ1) is 16.7. The smallest absolute Gasteiger partial charge is 0.276 e. The van der Waals surface area contributed by atoms with Gasteiger partial charge in [0.2, 0.25) is 0 Å². The van der Waals surface area contributed by atoms with E-state index in [-0.39, 0.29) is 11.3 Å². The molecule has 1 unspecified atom stereocenters. The number of hydrogen-bond donors (Lipinski definition) is 1. The van der Waals surface area contributed by atoms with Gasteiger partial charge < -0.3 is 9.88 Å². The molecule has 2 aromatic rings. The Labute approximate surface area is 146 Å². The first-order valence-corrected chi connectivity index (χ1v) is 8.95. The molecule has 0 aliphatic heterocycles. The zero-order chi connectivity index (χ0) is 17.5. The van der Waals surface area contributed by atoms with Crippen molar-refractivity contribution in [1.82, 2.24) is 9.55 Å². The van der Waals surface area contributed by atoms with Gasteiger partial charge in [0.15, 0.2) is 0 Å². The van der Waals surface area contributed by atoms with Gasteiger partial charge in [0, 0.05) is 18.1 Å². The second-order valence-electron chi connectivity index (χ2n) is 7.50. The van der Waals surface area contributed by atoms with E-state index >= 15 is 0 Å². The number of aryl methyl sites for hydroxylation is 1. The highest BCUT2D eigenvalue weighted by Crippen LogP contribution is 2.44. The van der Waals surface area contributed by atoms with Crippen LogP contribution in [0, 0.1) is 22.7 Å². The van der Waals surface area contributed by atoms with Gasteiger partial charge in [0.1, 0.15) is 16.8 Å². The molecule has 1 N–H and O–H groups in total. The number of carbonyl (C=O) groups excluding carboxylic acids is 1. The number of rotatable bonds is 2. The van der Waals surface area contributed by atoms with E-state index in [0.717, 1.165) is 24.8 Å². The lowest BCUT2D eigenvalue weighted by atomic mass is 9.72. The summed E-state index contributed by atoms with van der Waals surface area (Å²) in [6.07, 6.45) is 6.25. The number of fused-ring (bicyclic) bond motifs is 1. The van der Waals surface area contributed by atoms with Crippen LogP contribution in [0.25, 0.3) is 0 Å². The van der Waals surface area contributed by atoms with Gasteiger partial charge in [-0.25, -0.2) is 4.98 Å². The Morgan fingerprint density at radius 3 is 2.83 bits per heavy atom. The standard InChI is InChI=1S/C18H22N4OS/c1-18(2,3)11-5-6-12-13(8-19)17(24-15(12)7-11)21-16(23)14-9-22(4)10-20-14/h9-11H,5-7H2,1-4H3,(H,21,23). The number of anilines is 1. The summed E-state index contributed by atoms with van der Waals surface area (Å²) in [6, 6.07) is 2.29. The summed E-state index contributed by atoms with van der Waals surface area (Å²) in [5, 5.41) is 13.1. The third kappa shape index (κ3) is 3.09. The molecule has 0 saturated carbocycles. The zero-order valence-electron chi connectivity index (χ0n) is 14.5. The fourth-order valence-electron chi connectivity index (χ4n) is 3.23. The van der Waals surface area contributed by atoms with Crippen LogP contribution in [0.3, 0.4) is 0 Å². The monoisotopic (exact) mass is 342 g/mol. The molecule has 24 heavy (non-hydrogen) atoms. The van der Waals surface area contributed by atoms with Crippen molar-refractivity contribution in [2.45, 2.75) is 40.0 Å². The predicted octanol–water partition coefficient (Wildman–Crippen LogP) is 3.76. The number of amides is 1. The van der Waals surface area contributed by atoms with Crippen LogP contribution in [0.4, 0.5) is 5.00 Å². The van der Waals surface area contributed by atoms with Gasteiger partial charge in [0.25, 0.3) is 5.91 Å². The average molecular weight is 342 g/mol. The summed E-state index contributed by atoms with van der Waals surface area (Å²) in [6.45, 7) is 6.81. The average Bonchev–Trinajstić information content (AvgIpc) is 3.08. The highest BCUT2D eigenvalue weighted by Gasteiger charge is 2.32. The summed E-state index contributed by atoms with van der Waals surface area (Å²) >= 11 is 1.55. The van der Waals surface area contributed by atoms with Gasteiger partial charge in [-0.3, -0.25) is 4.79 Å². The van der Waals surface area contributed by atoms with E-state index in [1.165, 1.54) is 4.88 Å². The van der Waals surface area contributed by atoms with Gasteiger partial charge in [-0.15, -0.1) is 11.3 Å². The van der Waals surface area contributed by atoms with Crippen LogP contribution in [0.5, 0.6) is 0 Å². The third-order valence-corrected chi connectivity index (χ3v) is 5.94. The van der Waals surface area contributed by atoms with Crippen molar-refractivity contribution in [3.63, 3.8) is 0 Å². The van der Waals surface area contributed by atoms with E-state index < -0.39 is 0 Å². The summed E-state index contributed by atoms with van der Waals surface area (Å²) in [5.41, 5.74) is 2.37. The van der Waals surface area contributed by atoms with Crippen molar-refractivity contribution in [2.24, 2.45) is 18.4 Å². The van der Waals surface area contributed by atoms with Gasteiger partial charge in [-0.2, -0.15) is 5.26 Å². The lowest BCUT2D eigenvalue weighted by Gasteiger charge is -2.33. The molecule has 0 radical (unpaired) electrons. The van der Waals surface area contributed by atoms with Gasteiger partial charge in [-0.05, 0) is 36.2 Å². The molecule has 6 heteroatoms. The van der Waals surface area contributed by atoms with Crippen LogP contribution in [0.2, 0.25) is 0 Å². The SMILES string of the molecule is Cn1cnc(C(=O)Nc2sc3c(c2C#N)CCC(C(C)(C)C)C3)c1. The quantitative estimate of drug-likeness (QED) is 0.903. The minimum atomic E-state index is -0.266. The highest BCUT2D eigenvalue weighted by atomic mass is 32.1. The van der Waals surface area contributed by atoms with Crippen LogP contribution in [0.1, 0.15) is 53.7 Å². The number of imidazole rings is 1. The largest absolute Gasteiger partial charge is 0.340 e. The van der Waals surface area contributed by atoms with Crippen LogP contribution in [-0.4, -0.2) is 15.5 Å². The van der Waals surface area contributed by atoms with Crippen molar-refractivity contribution >= 4 is 22.2 Å². The molecule has 1 aliphatic rings. The first-order chi connectivity index (χ1) is 11.3. The van der Waals surface area contributed by atoms with Gasteiger partial charge in [-0.1, -0.05) is 20.8 Å². The second-order valence-corrected chi connectivity index (χ2v) is 8.61. The summed E-state index contributed by atoms with van der Waals surface area (Å²) < 4.78 is 1.73. The number of thiophene rings is 1.